The van der Waals surface area contributed by atoms with E-state index < -0.39 is 5.60 Å². The zero-order valence-corrected chi connectivity index (χ0v) is 14.2. The lowest BCUT2D eigenvalue weighted by Crippen LogP contribution is -2.35. The summed E-state index contributed by atoms with van der Waals surface area (Å²) in [4.78, 5) is 13.9. The van der Waals surface area contributed by atoms with Crippen molar-refractivity contribution in [2.24, 2.45) is 5.92 Å². The molecule has 1 aromatic rings. The first-order chi connectivity index (χ1) is 9.81. The first-order valence-electron chi connectivity index (χ1n) is 7.10. The van der Waals surface area contributed by atoms with E-state index in [1.165, 1.54) is 6.07 Å². The van der Waals surface area contributed by atoms with E-state index in [-0.39, 0.29) is 23.7 Å². The monoisotopic (exact) mass is 357 g/mol. The van der Waals surface area contributed by atoms with E-state index in [0.29, 0.717) is 18.7 Å². The van der Waals surface area contributed by atoms with Crippen LogP contribution in [0.2, 0.25) is 0 Å². The molecule has 0 radical (unpaired) electrons. The molecular formula is C16H21BrFNO2. The number of halogens is 2. The number of amides is 1. The molecule has 5 heteroatoms. The summed E-state index contributed by atoms with van der Waals surface area (Å²) in [5.41, 5.74) is 0.157. The number of rotatable bonds is 2. The normalized spacial score (nSPS) is 22.4. The van der Waals surface area contributed by atoms with Crippen molar-refractivity contribution in [2.75, 3.05) is 18.4 Å². The second-order valence-electron chi connectivity index (χ2n) is 6.43. The highest BCUT2D eigenvalue weighted by atomic mass is 79.9. The van der Waals surface area contributed by atoms with E-state index in [4.69, 9.17) is 4.74 Å². The molecule has 2 rings (SSSR count). The first kappa shape index (κ1) is 16.3. The van der Waals surface area contributed by atoms with E-state index in [1.807, 2.05) is 26.8 Å². The van der Waals surface area contributed by atoms with Crippen LogP contribution in [-0.4, -0.2) is 35.0 Å². The third kappa shape index (κ3) is 3.96. The molecular weight excluding hydrogens is 337 g/mol. The highest BCUT2D eigenvalue weighted by molar-refractivity contribution is 9.09. The topological polar surface area (TPSA) is 29.5 Å². The quantitative estimate of drug-likeness (QED) is 0.743. The minimum Gasteiger partial charge on any atom is -0.444 e. The molecule has 0 spiro atoms. The van der Waals surface area contributed by atoms with Gasteiger partial charge in [0.25, 0.3) is 0 Å². The van der Waals surface area contributed by atoms with Gasteiger partial charge in [-0.3, -0.25) is 0 Å². The number of carbonyl (C=O) groups is 1. The van der Waals surface area contributed by atoms with Gasteiger partial charge in [-0.1, -0.05) is 34.1 Å². The average molecular weight is 358 g/mol. The average Bonchev–Trinajstić information content (AvgIpc) is 2.81. The van der Waals surface area contributed by atoms with Gasteiger partial charge < -0.3 is 9.64 Å². The molecule has 1 aromatic carbocycles. The van der Waals surface area contributed by atoms with Crippen LogP contribution in [0.3, 0.4) is 0 Å². The summed E-state index contributed by atoms with van der Waals surface area (Å²) in [5.74, 6) is -0.0213. The molecule has 1 heterocycles. The van der Waals surface area contributed by atoms with Crippen molar-refractivity contribution in [3.05, 3.63) is 35.6 Å². The predicted molar refractivity (Wildman–Crippen MR) is 84.2 cm³/mol. The number of likely N-dealkylation sites (tertiary alicyclic amines) is 1. The molecule has 0 unspecified atom stereocenters. The number of alkyl halides is 1. The molecule has 3 nitrogen and oxygen atoms in total. The molecule has 116 valence electrons. The Morgan fingerprint density at radius 1 is 1.38 bits per heavy atom. The molecule has 0 bridgehead atoms. The molecule has 1 aliphatic heterocycles. The fourth-order valence-electron chi connectivity index (χ4n) is 2.63. The zero-order chi connectivity index (χ0) is 15.6. The summed E-state index contributed by atoms with van der Waals surface area (Å²) >= 11 is 3.48. The largest absolute Gasteiger partial charge is 0.444 e. The third-order valence-electron chi connectivity index (χ3n) is 3.60. The SMILES string of the molecule is CC(C)(C)OC(=O)N1C[C@@H](CBr)[C@H](c2ccccc2F)C1. The molecule has 0 aliphatic carbocycles. The molecule has 1 amide bonds. The van der Waals surface area contributed by atoms with E-state index in [2.05, 4.69) is 15.9 Å². The Bertz CT molecular complexity index is 515. The summed E-state index contributed by atoms with van der Waals surface area (Å²) in [6.07, 6.45) is -0.327. The number of ether oxygens (including phenoxy) is 1. The third-order valence-corrected chi connectivity index (χ3v) is 4.43. The van der Waals surface area contributed by atoms with Gasteiger partial charge >= 0.3 is 6.09 Å². The van der Waals surface area contributed by atoms with Crippen molar-refractivity contribution in [3.8, 4) is 0 Å². The zero-order valence-electron chi connectivity index (χ0n) is 12.6. The van der Waals surface area contributed by atoms with E-state index in [9.17, 15) is 9.18 Å². The van der Waals surface area contributed by atoms with Crippen LogP contribution in [0.25, 0.3) is 0 Å². The van der Waals surface area contributed by atoms with Crippen molar-refractivity contribution >= 4 is 22.0 Å². The minimum absolute atomic E-state index is 0.00177. The van der Waals surface area contributed by atoms with Gasteiger partial charge in [0.05, 0.1) is 0 Å². The number of carbonyl (C=O) groups excluding carboxylic acids is 1. The van der Waals surface area contributed by atoms with Crippen LogP contribution in [0, 0.1) is 11.7 Å². The van der Waals surface area contributed by atoms with Crippen LogP contribution in [-0.2, 0) is 4.74 Å². The fourth-order valence-corrected chi connectivity index (χ4v) is 3.29. The van der Waals surface area contributed by atoms with Crippen LogP contribution in [0.5, 0.6) is 0 Å². The van der Waals surface area contributed by atoms with Gasteiger partial charge in [-0.2, -0.15) is 0 Å². The molecule has 0 aromatic heterocycles. The maximum absolute atomic E-state index is 14.0. The molecule has 1 aliphatic rings. The summed E-state index contributed by atoms with van der Waals surface area (Å²) in [6, 6.07) is 6.79. The maximum Gasteiger partial charge on any atom is 0.410 e. The maximum atomic E-state index is 14.0. The van der Waals surface area contributed by atoms with Crippen LogP contribution in [0.1, 0.15) is 32.3 Å². The Morgan fingerprint density at radius 2 is 2.05 bits per heavy atom. The van der Waals surface area contributed by atoms with Crippen molar-refractivity contribution in [2.45, 2.75) is 32.3 Å². The number of hydrogen-bond donors (Lipinski definition) is 0. The molecule has 0 saturated carbocycles. The second-order valence-corrected chi connectivity index (χ2v) is 7.08. The van der Waals surface area contributed by atoms with Crippen LogP contribution in [0.15, 0.2) is 24.3 Å². The van der Waals surface area contributed by atoms with E-state index in [1.54, 1.807) is 17.0 Å². The summed E-state index contributed by atoms with van der Waals surface area (Å²) in [6.45, 7) is 6.61. The Morgan fingerprint density at radius 3 is 2.62 bits per heavy atom. The van der Waals surface area contributed by atoms with Crippen LogP contribution >= 0.6 is 15.9 Å². The molecule has 0 N–H and O–H groups in total. The van der Waals surface area contributed by atoms with Crippen LogP contribution in [0.4, 0.5) is 9.18 Å². The fraction of sp³-hybridized carbons (Fsp3) is 0.562. The molecule has 1 saturated heterocycles. The highest BCUT2D eigenvalue weighted by Crippen LogP contribution is 2.35. The molecule has 2 atom stereocenters. The number of benzene rings is 1. The standard InChI is InChI=1S/C16H21BrFNO2/c1-16(2,3)21-15(20)19-9-11(8-17)13(10-19)12-6-4-5-7-14(12)18/h4-7,11,13H,8-10H2,1-3H3/t11-,13-/m1/s1. The minimum atomic E-state index is -0.517. The first-order valence-corrected chi connectivity index (χ1v) is 8.22. The highest BCUT2D eigenvalue weighted by Gasteiger charge is 2.38. The Labute approximate surface area is 133 Å². The van der Waals surface area contributed by atoms with Crippen molar-refractivity contribution in [3.63, 3.8) is 0 Å². The molecule has 1 fully saturated rings. The van der Waals surface area contributed by atoms with Crippen molar-refractivity contribution in [1.82, 2.24) is 4.90 Å². The van der Waals surface area contributed by atoms with Gasteiger partial charge in [0.15, 0.2) is 0 Å². The van der Waals surface area contributed by atoms with E-state index in [0.717, 1.165) is 5.33 Å². The predicted octanol–water partition coefficient (Wildman–Crippen LogP) is 4.17. The van der Waals surface area contributed by atoms with Gasteiger partial charge in [0, 0.05) is 24.3 Å². The number of hydrogen-bond acceptors (Lipinski definition) is 2. The van der Waals surface area contributed by atoms with Crippen molar-refractivity contribution < 1.29 is 13.9 Å². The lowest BCUT2D eigenvalue weighted by Gasteiger charge is -2.24. The summed E-state index contributed by atoms with van der Waals surface area (Å²) in [5, 5.41) is 0.727. The Kier molecular flexibility index (Phi) is 4.91. The summed E-state index contributed by atoms with van der Waals surface area (Å²) < 4.78 is 19.4. The molecule has 21 heavy (non-hydrogen) atoms. The van der Waals surface area contributed by atoms with E-state index >= 15 is 0 Å². The van der Waals surface area contributed by atoms with Gasteiger partial charge in [-0.15, -0.1) is 0 Å². The lowest BCUT2D eigenvalue weighted by molar-refractivity contribution is 0.0288. The Hall–Kier alpha value is -1.10. The number of nitrogens with zero attached hydrogens (tertiary/aromatic N) is 1. The second kappa shape index (κ2) is 6.34. The van der Waals surface area contributed by atoms with Crippen LogP contribution < -0.4 is 0 Å². The smallest absolute Gasteiger partial charge is 0.410 e. The van der Waals surface area contributed by atoms with Gasteiger partial charge in [-0.25, -0.2) is 9.18 Å². The van der Waals surface area contributed by atoms with Gasteiger partial charge in [0.1, 0.15) is 11.4 Å². The van der Waals surface area contributed by atoms with Gasteiger partial charge in [-0.05, 0) is 38.3 Å². The summed E-state index contributed by atoms with van der Waals surface area (Å²) in [7, 11) is 0. The van der Waals surface area contributed by atoms with Gasteiger partial charge in [0.2, 0.25) is 0 Å². The van der Waals surface area contributed by atoms with Crippen molar-refractivity contribution in [1.29, 1.82) is 0 Å². The lowest BCUT2D eigenvalue weighted by atomic mass is 9.90. The Balaban J connectivity index is 2.15.